The van der Waals surface area contributed by atoms with Gasteiger partial charge in [0.05, 0.1) is 18.8 Å². The van der Waals surface area contributed by atoms with Crippen LogP contribution in [-0.4, -0.2) is 34.9 Å². The number of amides is 1. The Morgan fingerprint density at radius 1 is 0.426 bits per heavy atom. The maximum atomic E-state index is 12.4. The Labute approximate surface area is 339 Å². The van der Waals surface area contributed by atoms with Crippen LogP contribution in [0.4, 0.5) is 0 Å². The second kappa shape index (κ2) is 46.5. The van der Waals surface area contributed by atoms with Gasteiger partial charge in [-0.25, -0.2) is 0 Å². The molecule has 1 amide bonds. The van der Waals surface area contributed by atoms with Crippen LogP contribution in [0, 0.1) is 0 Å². The van der Waals surface area contributed by atoms with Crippen LogP contribution in [0.1, 0.15) is 284 Å². The number of hydrogen-bond donors (Lipinski definition) is 3. The van der Waals surface area contributed by atoms with E-state index >= 15 is 0 Å². The number of unbranched alkanes of at least 4 members (excludes halogenated alkanes) is 39. The maximum Gasteiger partial charge on any atom is 0.220 e. The molecule has 0 aromatic rings. The van der Waals surface area contributed by atoms with Gasteiger partial charge in [0.1, 0.15) is 0 Å². The molecule has 322 valence electrons. The number of aliphatic hydroxyl groups excluding tert-OH is 2. The lowest BCUT2D eigenvalue weighted by Gasteiger charge is -2.20. The minimum absolute atomic E-state index is 0.0573. The van der Waals surface area contributed by atoms with E-state index in [1.165, 1.54) is 238 Å². The van der Waals surface area contributed by atoms with Crippen molar-refractivity contribution in [3.05, 3.63) is 12.2 Å². The molecule has 0 radical (unpaired) electrons. The van der Waals surface area contributed by atoms with Crippen LogP contribution in [-0.2, 0) is 4.79 Å². The van der Waals surface area contributed by atoms with E-state index in [1.54, 1.807) is 6.08 Å². The van der Waals surface area contributed by atoms with Gasteiger partial charge in [-0.3, -0.25) is 4.79 Å². The van der Waals surface area contributed by atoms with E-state index in [1.807, 2.05) is 6.08 Å². The van der Waals surface area contributed by atoms with Crippen molar-refractivity contribution in [3.63, 3.8) is 0 Å². The van der Waals surface area contributed by atoms with Crippen LogP contribution in [0.25, 0.3) is 0 Å². The van der Waals surface area contributed by atoms with Crippen molar-refractivity contribution in [3.8, 4) is 0 Å². The Bertz CT molecular complexity index is 739. The first-order chi connectivity index (χ1) is 26.7. The molecule has 4 nitrogen and oxygen atoms in total. The Balaban J connectivity index is 3.47. The highest BCUT2D eigenvalue weighted by atomic mass is 16.3. The summed E-state index contributed by atoms with van der Waals surface area (Å²) in [7, 11) is 0. The van der Waals surface area contributed by atoms with Gasteiger partial charge in [0, 0.05) is 6.42 Å². The molecule has 0 spiro atoms. The third-order valence-corrected chi connectivity index (χ3v) is 11.8. The molecular weight excluding hydrogens is 663 g/mol. The van der Waals surface area contributed by atoms with Gasteiger partial charge < -0.3 is 15.5 Å². The first-order valence-corrected chi connectivity index (χ1v) is 24.9. The number of carbonyl (C=O) groups is 1. The largest absolute Gasteiger partial charge is 0.394 e. The van der Waals surface area contributed by atoms with Crippen molar-refractivity contribution in [2.75, 3.05) is 6.61 Å². The molecule has 0 aromatic heterocycles. The minimum Gasteiger partial charge on any atom is -0.394 e. The summed E-state index contributed by atoms with van der Waals surface area (Å²) in [6.45, 7) is 4.34. The summed E-state index contributed by atoms with van der Waals surface area (Å²) in [5.74, 6) is -0.0573. The fourth-order valence-corrected chi connectivity index (χ4v) is 7.95. The SMILES string of the molecule is CCCCCCCCCCCCCCCCCC/C=C/C(O)C(CO)NC(=O)CCCCCCCCCCCCCCCCCCCCCCCCCC. The van der Waals surface area contributed by atoms with Gasteiger partial charge >= 0.3 is 0 Å². The number of carbonyl (C=O) groups excluding carboxylic acids is 1. The van der Waals surface area contributed by atoms with Crippen LogP contribution < -0.4 is 5.32 Å². The van der Waals surface area contributed by atoms with Crippen molar-refractivity contribution < 1.29 is 15.0 Å². The maximum absolute atomic E-state index is 12.4. The molecule has 0 aliphatic heterocycles. The molecule has 0 aromatic carbocycles. The highest BCUT2D eigenvalue weighted by Crippen LogP contribution is 2.17. The molecule has 0 fully saturated rings. The molecule has 2 atom stereocenters. The lowest BCUT2D eigenvalue weighted by atomic mass is 10.0. The number of nitrogens with one attached hydrogen (secondary N) is 1. The van der Waals surface area contributed by atoms with Crippen molar-refractivity contribution in [1.29, 1.82) is 0 Å². The summed E-state index contributed by atoms with van der Waals surface area (Å²) in [5.41, 5.74) is 0. The molecule has 0 heterocycles. The van der Waals surface area contributed by atoms with E-state index < -0.39 is 12.1 Å². The van der Waals surface area contributed by atoms with Gasteiger partial charge in [0.25, 0.3) is 0 Å². The number of hydrogen-bond acceptors (Lipinski definition) is 3. The zero-order valence-electron chi connectivity index (χ0n) is 37.0. The summed E-state index contributed by atoms with van der Waals surface area (Å²) in [6, 6.07) is -0.617. The average molecular weight is 762 g/mol. The van der Waals surface area contributed by atoms with Crippen molar-refractivity contribution in [2.24, 2.45) is 0 Å². The third-order valence-electron chi connectivity index (χ3n) is 11.8. The van der Waals surface area contributed by atoms with E-state index in [2.05, 4.69) is 19.2 Å². The lowest BCUT2D eigenvalue weighted by molar-refractivity contribution is -0.123. The number of allylic oxidation sites excluding steroid dienone is 1. The monoisotopic (exact) mass is 762 g/mol. The first-order valence-electron chi connectivity index (χ1n) is 24.9. The van der Waals surface area contributed by atoms with Crippen LogP contribution in [0.2, 0.25) is 0 Å². The topological polar surface area (TPSA) is 69.6 Å². The van der Waals surface area contributed by atoms with Crippen molar-refractivity contribution >= 4 is 5.91 Å². The molecule has 0 aliphatic rings. The first kappa shape index (κ1) is 53.1. The predicted octanol–water partition coefficient (Wildman–Crippen LogP) is 15.8. The third kappa shape index (κ3) is 42.3. The molecule has 0 bridgehead atoms. The Morgan fingerprint density at radius 2 is 0.685 bits per heavy atom. The van der Waals surface area contributed by atoms with Gasteiger partial charge in [-0.15, -0.1) is 0 Å². The van der Waals surface area contributed by atoms with Crippen molar-refractivity contribution in [2.45, 2.75) is 296 Å². The summed E-state index contributed by atoms with van der Waals surface area (Å²) in [5, 5.41) is 23.1. The van der Waals surface area contributed by atoms with Gasteiger partial charge in [-0.1, -0.05) is 270 Å². The van der Waals surface area contributed by atoms with Crippen LogP contribution in [0.3, 0.4) is 0 Å². The fourth-order valence-electron chi connectivity index (χ4n) is 7.95. The highest BCUT2D eigenvalue weighted by Gasteiger charge is 2.18. The molecule has 0 saturated heterocycles. The van der Waals surface area contributed by atoms with Gasteiger partial charge in [-0.05, 0) is 19.3 Å². The molecule has 2 unspecified atom stereocenters. The van der Waals surface area contributed by atoms with E-state index in [0.29, 0.717) is 6.42 Å². The highest BCUT2D eigenvalue weighted by molar-refractivity contribution is 5.76. The Morgan fingerprint density at radius 3 is 0.963 bits per heavy atom. The van der Waals surface area contributed by atoms with E-state index in [9.17, 15) is 15.0 Å². The summed E-state index contributed by atoms with van der Waals surface area (Å²) < 4.78 is 0. The van der Waals surface area contributed by atoms with E-state index in [0.717, 1.165) is 25.7 Å². The minimum atomic E-state index is -0.834. The Kier molecular flexibility index (Phi) is 45.8. The molecule has 0 rings (SSSR count). The Hall–Kier alpha value is -0.870. The standard InChI is InChI=1S/C50H99NO3/c1-3-5-7-9-11-13-15-17-19-21-23-24-25-26-27-28-30-32-34-36-38-40-42-44-46-50(54)51-48(47-52)49(53)45-43-41-39-37-35-33-31-29-22-20-18-16-14-12-10-8-6-4-2/h43,45,48-49,52-53H,3-42,44,46-47H2,1-2H3,(H,51,54)/b45-43+. The second-order valence-corrected chi connectivity index (χ2v) is 17.2. The molecule has 54 heavy (non-hydrogen) atoms. The molecule has 3 N–H and O–H groups in total. The number of aliphatic hydroxyl groups is 2. The lowest BCUT2D eigenvalue weighted by Crippen LogP contribution is -2.45. The zero-order valence-corrected chi connectivity index (χ0v) is 37.0. The van der Waals surface area contributed by atoms with E-state index in [4.69, 9.17) is 0 Å². The normalized spacial score (nSPS) is 12.9. The summed E-state index contributed by atoms with van der Waals surface area (Å²) in [4.78, 5) is 12.4. The molecular formula is C50H99NO3. The van der Waals surface area contributed by atoms with Crippen LogP contribution in [0.5, 0.6) is 0 Å². The quantitative estimate of drug-likeness (QED) is 0.0427. The van der Waals surface area contributed by atoms with Gasteiger partial charge in [0.15, 0.2) is 0 Å². The van der Waals surface area contributed by atoms with Crippen molar-refractivity contribution in [1.82, 2.24) is 5.32 Å². The van der Waals surface area contributed by atoms with Crippen LogP contribution >= 0.6 is 0 Å². The molecule has 0 saturated carbocycles. The average Bonchev–Trinajstić information content (AvgIpc) is 3.18. The van der Waals surface area contributed by atoms with Crippen LogP contribution in [0.15, 0.2) is 12.2 Å². The second-order valence-electron chi connectivity index (χ2n) is 17.2. The van der Waals surface area contributed by atoms with E-state index in [-0.39, 0.29) is 12.5 Å². The zero-order chi connectivity index (χ0) is 39.3. The molecule has 0 aliphatic carbocycles. The smallest absolute Gasteiger partial charge is 0.220 e. The van der Waals surface area contributed by atoms with Gasteiger partial charge in [-0.2, -0.15) is 0 Å². The predicted molar refractivity (Wildman–Crippen MR) is 239 cm³/mol. The number of rotatable bonds is 46. The molecule has 4 heteroatoms. The van der Waals surface area contributed by atoms with Gasteiger partial charge in [0.2, 0.25) is 5.91 Å². The fraction of sp³-hybridized carbons (Fsp3) is 0.940. The summed E-state index contributed by atoms with van der Waals surface area (Å²) in [6.07, 6.45) is 59.1. The summed E-state index contributed by atoms with van der Waals surface area (Å²) >= 11 is 0.